The van der Waals surface area contributed by atoms with Gasteiger partial charge in [-0.2, -0.15) is 0 Å². The molecule has 0 aliphatic heterocycles. The van der Waals surface area contributed by atoms with Gasteiger partial charge in [-0.25, -0.2) is 0 Å². The van der Waals surface area contributed by atoms with Gasteiger partial charge in [0.15, 0.2) is 0 Å². The maximum atomic E-state index is 11.2. The quantitative estimate of drug-likeness (QED) is 0.651. The summed E-state index contributed by atoms with van der Waals surface area (Å²) < 4.78 is 0.809. The number of nitrogens with zero attached hydrogens (tertiary/aromatic N) is 1. The van der Waals surface area contributed by atoms with E-state index in [0.29, 0.717) is 11.9 Å². The van der Waals surface area contributed by atoms with Gasteiger partial charge in [0.25, 0.3) is 0 Å². The minimum atomic E-state index is 0.362. The second-order valence-electron chi connectivity index (χ2n) is 2.91. The summed E-state index contributed by atoms with van der Waals surface area (Å²) in [7, 11) is 0. The monoisotopic (exact) mass is 174 g/mol. The van der Waals surface area contributed by atoms with Crippen LogP contribution in [-0.4, -0.2) is 11.0 Å². The Hall–Kier alpha value is -1.77. The molecular formula is C10H8NO2-. The fraction of sp³-hybridized carbons (Fsp3) is 0.100. The molecule has 0 bridgehead atoms. The summed E-state index contributed by atoms with van der Waals surface area (Å²) in [5.74, 6) is 0. The van der Waals surface area contributed by atoms with Crippen LogP contribution in [0, 0.1) is 5.21 Å². The molecule has 13 heavy (non-hydrogen) atoms. The van der Waals surface area contributed by atoms with Crippen molar-refractivity contribution in [2.45, 2.75) is 6.42 Å². The number of hydrogen-bond acceptors (Lipinski definition) is 2. The number of aromatic nitrogens is 1. The van der Waals surface area contributed by atoms with E-state index < -0.39 is 0 Å². The Labute approximate surface area is 75.2 Å². The average molecular weight is 174 g/mol. The van der Waals surface area contributed by atoms with Crippen molar-refractivity contribution < 1.29 is 4.79 Å². The van der Waals surface area contributed by atoms with Gasteiger partial charge in [0.05, 0.1) is 0 Å². The van der Waals surface area contributed by atoms with Crippen molar-refractivity contribution in [3.05, 3.63) is 41.2 Å². The normalized spacial score (nSPS) is 10.5. The molecule has 0 fully saturated rings. The van der Waals surface area contributed by atoms with E-state index in [2.05, 4.69) is 0 Å². The fourth-order valence-electron chi connectivity index (χ4n) is 1.37. The minimum absolute atomic E-state index is 0.362. The number of rotatable bonds is 2. The number of aldehydes is 1. The van der Waals surface area contributed by atoms with Gasteiger partial charge in [-0.15, -0.1) is 0 Å². The number of fused-ring (bicyclic) bond motifs is 1. The molecular weight excluding hydrogens is 166 g/mol. The van der Waals surface area contributed by atoms with E-state index in [1.165, 1.54) is 6.20 Å². The molecule has 2 rings (SSSR count). The third-order valence-electron chi connectivity index (χ3n) is 2.04. The molecule has 0 N–H and O–H groups in total. The molecule has 1 aromatic carbocycles. The first-order valence-corrected chi connectivity index (χ1v) is 4.02. The molecule has 0 spiro atoms. The van der Waals surface area contributed by atoms with Gasteiger partial charge in [0, 0.05) is 11.9 Å². The zero-order valence-corrected chi connectivity index (χ0v) is 6.93. The Morgan fingerprint density at radius 1 is 1.38 bits per heavy atom. The summed E-state index contributed by atoms with van der Waals surface area (Å²) in [6.45, 7) is 0. The van der Waals surface area contributed by atoms with Crippen LogP contribution in [0.3, 0.4) is 0 Å². The van der Waals surface area contributed by atoms with Crippen LogP contribution in [0.4, 0.5) is 0 Å². The number of hydrogen-bond donors (Lipinski definition) is 0. The highest BCUT2D eigenvalue weighted by atomic mass is 16.5. The first-order valence-electron chi connectivity index (χ1n) is 4.02. The van der Waals surface area contributed by atoms with E-state index in [-0.39, 0.29) is 0 Å². The Morgan fingerprint density at radius 2 is 2.23 bits per heavy atom. The molecule has 3 heteroatoms. The molecule has 1 aromatic heterocycles. The Balaban J connectivity index is 2.58. The third kappa shape index (κ3) is 1.28. The predicted molar refractivity (Wildman–Crippen MR) is 50.5 cm³/mol. The predicted octanol–water partition coefficient (Wildman–Crippen LogP) is 1.73. The maximum Gasteiger partial charge on any atom is 0.124 e. The lowest BCUT2D eigenvalue weighted by molar-refractivity contribution is -0.107. The lowest BCUT2D eigenvalue weighted by Crippen LogP contribution is -1.87. The van der Waals surface area contributed by atoms with Gasteiger partial charge in [0.1, 0.15) is 6.29 Å². The topological polar surface area (TPSA) is 45.1 Å². The van der Waals surface area contributed by atoms with E-state index in [1.54, 1.807) is 12.1 Å². The fourth-order valence-corrected chi connectivity index (χ4v) is 1.37. The molecule has 0 unspecified atom stereocenters. The summed E-state index contributed by atoms with van der Waals surface area (Å²) in [6.07, 6.45) is 2.66. The summed E-state index contributed by atoms with van der Waals surface area (Å²) in [6, 6.07) is 7.21. The largest absolute Gasteiger partial charge is 0.806 e. The summed E-state index contributed by atoms with van der Waals surface area (Å²) in [4.78, 5) is 10.2. The van der Waals surface area contributed by atoms with Crippen LogP contribution < -0.4 is 0 Å². The Bertz CT molecular complexity index is 445. The van der Waals surface area contributed by atoms with Gasteiger partial charge in [-0.3, -0.25) is 0 Å². The van der Waals surface area contributed by atoms with Crippen molar-refractivity contribution >= 4 is 17.2 Å². The standard InChI is InChI=1S/C10H8NO2/c12-6-4-8-1-2-9-3-5-11(13)10(9)7-8/h1-3,5-7H,4H2/q-1. The van der Waals surface area contributed by atoms with E-state index in [1.807, 2.05) is 12.1 Å². The first kappa shape index (κ1) is 7.86. The molecule has 0 saturated heterocycles. The van der Waals surface area contributed by atoms with Crippen LogP contribution in [-0.2, 0) is 11.2 Å². The van der Waals surface area contributed by atoms with Crippen molar-refractivity contribution in [3.63, 3.8) is 0 Å². The molecule has 2 aromatic rings. The van der Waals surface area contributed by atoms with Crippen LogP contribution in [0.1, 0.15) is 5.56 Å². The molecule has 0 aliphatic rings. The van der Waals surface area contributed by atoms with Crippen LogP contribution in [0.25, 0.3) is 10.9 Å². The molecule has 66 valence electrons. The SMILES string of the molecule is O=CCc1ccc2ccn([O-])c2c1. The van der Waals surface area contributed by atoms with Gasteiger partial charge in [-0.1, -0.05) is 12.1 Å². The minimum Gasteiger partial charge on any atom is -0.806 e. The van der Waals surface area contributed by atoms with Gasteiger partial charge in [-0.05, 0) is 29.3 Å². The maximum absolute atomic E-state index is 11.2. The van der Waals surface area contributed by atoms with Crippen molar-refractivity contribution in [3.8, 4) is 0 Å². The molecule has 0 saturated carbocycles. The summed E-state index contributed by atoms with van der Waals surface area (Å²) in [5, 5.41) is 12.1. The number of benzene rings is 1. The van der Waals surface area contributed by atoms with Crippen molar-refractivity contribution in [2.24, 2.45) is 0 Å². The molecule has 1 heterocycles. The van der Waals surface area contributed by atoms with Crippen molar-refractivity contribution in [1.29, 1.82) is 0 Å². The highest BCUT2D eigenvalue weighted by molar-refractivity contribution is 5.81. The van der Waals surface area contributed by atoms with Gasteiger partial charge in [0.2, 0.25) is 0 Å². The highest BCUT2D eigenvalue weighted by Crippen LogP contribution is 2.16. The molecule has 0 radical (unpaired) electrons. The molecule has 0 atom stereocenters. The van der Waals surface area contributed by atoms with Crippen molar-refractivity contribution in [1.82, 2.24) is 4.73 Å². The lowest BCUT2D eigenvalue weighted by atomic mass is 10.1. The zero-order chi connectivity index (χ0) is 9.26. The first-order chi connectivity index (χ1) is 6.31. The van der Waals surface area contributed by atoms with Crippen LogP contribution >= 0.6 is 0 Å². The van der Waals surface area contributed by atoms with E-state index >= 15 is 0 Å². The number of carbonyl (C=O) groups is 1. The second-order valence-corrected chi connectivity index (χ2v) is 2.91. The highest BCUT2D eigenvalue weighted by Gasteiger charge is 1.97. The van der Waals surface area contributed by atoms with E-state index in [0.717, 1.165) is 22.0 Å². The van der Waals surface area contributed by atoms with E-state index in [9.17, 15) is 10.0 Å². The molecule has 0 aliphatic carbocycles. The van der Waals surface area contributed by atoms with Gasteiger partial charge < -0.3 is 14.7 Å². The summed E-state index contributed by atoms with van der Waals surface area (Å²) >= 11 is 0. The van der Waals surface area contributed by atoms with Crippen LogP contribution in [0.5, 0.6) is 0 Å². The summed E-state index contributed by atoms with van der Waals surface area (Å²) in [5.41, 5.74) is 1.50. The van der Waals surface area contributed by atoms with Crippen LogP contribution in [0.15, 0.2) is 30.5 Å². The number of carbonyl (C=O) groups excluding carboxylic acids is 1. The molecule has 0 amide bonds. The van der Waals surface area contributed by atoms with Crippen molar-refractivity contribution in [2.75, 3.05) is 0 Å². The van der Waals surface area contributed by atoms with Crippen LogP contribution in [0.2, 0.25) is 0 Å². The Morgan fingerprint density at radius 3 is 3.00 bits per heavy atom. The third-order valence-corrected chi connectivity index (χ3v) is 2.04. The average Bonchev–Trinajstić information content (AvgIpc) is 2.49. The van der Waals surface area contributed by atoms with Gasteiger partial charge >= 0.3 is 0 Å². The second kappa shape index (κ2) is 2.94. The van der Waals surface area contributed by atoms with E-state index in [4.69, 9.17) is 0 Å². The smallest absolute Gasteiger partial charge is 0.124 e. The zero-order valence-electron chi connectivity index (χ0n) is 6.93. The Kier molecular flexibility index (Phi) is 1.77. The lowest BCUT2D eigenvalue weighted by Gasteiger charge is -2.07. The molecule has 3 nitrogen and oxygen atoms in total.